The van der Waals surface area contributed by atoms with Crippen LogP contribution >= 0.6 is 11.6 Å². The SMILES string of the molecule is CC(=O)Nc1cc(Cl)c(Oc2ccccc2)c(C(F)(F)F)c1Cc1cccc(F)c1. The molecule has 1 N–H and O–H groups in total. The number of anilines is 1. The third kappa shape index (κ3) is 5.10. The Bertz CT molecular complexity index is 1070. The van der Waals surface area contributed by atoms with E-state index in [2.05, 4.69) is 5.32 Å². The summed E-state index contributed by atoms with van der Waals surface area (Å²) in [6.07, 6.45) is -5.16. The number of carbonyl (C=O) groups is 1. The maximum atomic E-state index is 14.2. The van der Waals surface area contributed by atoms with Crippen molar-refractivity contribution in [2.45, 2.75) is 19.5 Å². The molecule has 0 aliphatic carbocycles. The van der Waals surface area contributed by atoms with Gasteiger partial charge in [-0.2, -0.15) is 13.2 Å². The second kappa shape index (κ2) is 8.75. The number of hydrogen-bond donors (Lipinski definition) is 1. The number of hydrogen-bond acceptors (Lipinski definition) is 2. The van der Waals surface area contributed by atoms with Crippen molar-refractivity contribution in [2.24, 2.45) is 0 Å². The Morgan fingerprint density at radius 2 is 1.77 bits per heavy atom. The molecular formula is C22H16ClF4NO2. The number of rotatable bonds is 5. The molecule has 0 saturated heterocycles. The van der Waals surface area contributed by atoms with Crippen molar-refractivity contribution in [1.82, 2.24) is 0 Å². The van der Waals surface area contributed by atoms with Crippen molar-refractivity contribution in [3.63, 3.8) is 0 Å². The van der Waals surface area contributed by atoms with E-state index in [0.717, 1.165) is 6.07 Å². The first-order valence-electron chi connectivity index (χ1n) is 8.82. The van der Waals surface area contributed by atoms with E-state index < -0.39 is 29.2 Å². The second-order valence-corrected chi connectivity index (χ2v) is 6.90. The smallest absolute Gasteiger partial charge is 0.420 e. The van der Waals surface area contributed by atoms with E-state index in [0.29, 0.717) is 5.56 Å². The quantitative estimate of drug-likeness (QED) is 0.444. The summed E-state index contributed by atoms with van der Waals surface area (Å²) in [6.45, 7) is 1.17. The molecule has 0 saturated carbocycles. The molecule has 3 aromatic carbocycles. The average Bonchev–Trinajstić information content (AvgIpc) is 2.65. The highest BCUT2D eigenvalue weighted by Gasteiger charge is 2.40. The van der Waals surface area contributed by atoms with Crippen LogP contribution in [0.4, 0.5) is 23.2 Å². The number of nitrogens with one attached hydrogen (secondary N) is 1. The molecule has 0 fully saturated rings. The van der Waals surface area contributed by atoms with Gasteiger partial charge in [0.15, 0.2) is 5.75 Å². The summed E-state index contributed by atoms with van der Waals surface area (Å²) in [5.74, 6) is -1.59. The number of alkyl halides is 3. The lowest BCUT2D eigenvalue weighted by Gasteiger charge is -2.22. The fraction of sp³-hybridized carbons (Fsp3) is 0.136. The van der Waals surface area contributed by atoms with E-state index in [1.807, 2.05) is 0 Å². The fourth-order valence-corrected chi connectivity index (χ4v) is 3.25. The zero-order valence-corrected chi connectivity index (χ0v) is 16.4. The van der Waals surface area contributed by atoms with E-state index in [-0.39, 0.29) is 28.4 Å². The summed E-state index contributed by atoms with van der Waals surface area (Å²) >= 11 is 6.14. The van der Waals surface area contributed by atoms with Gasteiger partial charge in [-0.15, -0.1) is 0 Å². The number of carbonyl (C=O) groups excluding carboxylic acids is 1. The zero-order chi connectivity index (χ0) is 21.9. The summed E-state index contributed by atoms with van der Waals surface area (Å²) in [7, 11) is 0. The molecule has 156 valence electrons. The molecule has 0 aliphatic rings. The van der Waals surface area contributed by atoms with Gasteiger partial charge in [0.05, 0.1) is 5.02 Å². The monoisotopic (exact) mass is 437 g/mol. The minimum atomic E-state index is -4.86. The van der Waals surface area contributed by atoms with Crippen LogP contribution < -0.4 is 10.1 Å². The van der Waals surface area contributed by atoms with Crippen LogP contribution in [-0.4, -0.2) is 5.91 Å². The Morgan fingerprint density at radius 1 is 1.07 bits per heavy atom. The highest BCUT2D eigenvalue weighted by Crippen LogP contribution is 2.47. The standard InChI is InChI=1S/C22H16ClF4NO2/c1-13(29)28-19-12-18(23)21(30-16-8-3-2-4-9-16)20(22(25,26)27)17(19)11-14-6-5-7-15(24)10-14/h2-10,12H,11H2,1H3,(H,28,29). The van der Waals surface area contributed by atoms with Gasteiger partial charge >= 0.3 is 6.18 Å². The van der Waals surface area contributed by atoms with Crippen molar-refractivity contribution >= 4 is 23.2 Å². The molecule has 30 heavy (non-hydrogen) atoms. The third-order valence-electron chi connectivity index (χ3n) is 4.17. The van der Waals surface area contributed by atoms with Gasteiger partial charge in [0.1, 0.15) is 17.1 Å². The van der Waals surface area contributed by atoms with E-state index in [1.54, 1.807) is 18.2 Å². The maximum Gasteiger partial charge on any atom is 0.420 e. The third-order valence-corrected chi connectivity index (χ3v) is 4.45. The molecule has 1 amide bonds. The molecule has 0 heterocycles. The maximum absolute atomic E-state index is 14.2. The van der Waals surface area contributed by atoms with Gasteiger partial charge in [0.2, 0.25) is 5.91 Å². The first-order chi connectivity index (χ1) is 14.1. The van der Waals surface area contributed by atoms with Crippen molar-refractivity contribution < 1.29 is 27.1 Å². The average molecular weight is 438 g/mol. The van der Waals surface area contributed by atoms with Gasteiger partial charge in [-0.25, -0.2) is 4.39 Å². The first kappa shape index (κ1) is 21.6. The molecular weight excluding hydrogens is 422 g/mol. The Balaban J connectivity index is 2.23. The van der Waals surface area contributed by atoms with E-state index in [4.69, 9.17) is 16.3 Å². The van der Waals surface area contributed by atoms with Crippen LogP contribution in [0.5, 0.6) is 11.5 Å². The van der Waals surface area contributed by atoms with Gasteiger partial charge in [0.25, 0.3) is 0 Å². The molecule has 8 heteroatoms. The Kier molecular flexibility index (Phi) is 6.31. The van der Waals surface area contributed by atoms with Crippen molar-refractivity contribution in [3.8, 4) is 11.5 Å². The van der Waals surface area contributed by atoms with Gasteiger partial charge < -0.3 is 10.1 Å². The Hall–Kier alpha value is -3.06. The topological polar surface area (TPSA) is 38.3 Å². The van der Waals surface area contributed by atoms with Crippen LogP contribution in [0, 0.1) is 5.82 Å². The van der Waals surface area contributed by atoms with Crippen molar-refractivity contribution in [1.29, 1.82) is 0 Å². The van der Waals surface area contributed by atoms with E-state index >= 15 is 0 Å². The van der Waals surface area contributed by atoms with Crippen molar-refractivity contribution in [2.75, 3.05) is 5.32 Å². The van der Waals surface area contributed by atoms with E-state index in [9.17, 15) is 22.4 Å². The highest BCUT2D eigenvalue weighted by molar-refractivity contribution is 6.32. The summed E-state index contributed by atoms with van der Waals surface area (Å²) in [6, 6.07) is 14.3. The van der Waals surface area contributed by atoms with Gasteiger partial charge in [-0.1, -0.05) is 41.9 Å². The van der Waals surface area contributed by atoms with Crippen LogP contribution in [0.15, 0.2) is 60.7 Å². The van der Waals surface area contributed by atoms with Gasteiger partial charge in [0, 0.05) is 19.0 Å². The molecule has 0 aromatic heterocycles. The summed E-state index contributed by atoms with van der Waals surface area (Å²) < 4.78 is 61.6. The van der Waals surface area contributed by atoms with Crippen molar-refractivity contribution in [3.05, 3.63) is 88.2 Å². The predicted molar refractivity (Wildman–Crippen MR) is 106 cm³/mol. The normalized spacial score (nSPS) is 11.3. The molecule has 3 nitrogen and oxygen atoms in total. The largest absolute Gasteiger partial charge is 0.455 e. The molecule has 3 rings (SSSR count). The zero-order valence-electron chi connectivity index (χ0n) is 15.7. The first-order valence-corrected chi connectivity index (χ1v) is 9.20. The highest BCUT2D eigenvalue weighted by atomic mass is 35.5. The molecule has 0 aliphatic heterocycles. The lowest BCUT2D eigenvalue weighted by molar-refractivity contribution is -0.139. The lowest BCUT2D eigenvalue weighted by Crippen LogP contribution is -2.16. The van der Waals surface area contributed by atoms with E-state index in [1.165, 1.54) is 43.3 Å². The fourth-order valence-electron chi connectivity index (χ4n) is 3.01. The minimum Gasteiger partial charge on any atom is -0.455 e. The Morgan fingerprint density at radius 3 is 2.37 bits per heavy atom. The lowest BCUT2D eigenvalue weighted by atomic mass is 9.96. The van der Waals surface area contributed by atoms with Crippen LogP contribution in [0.1, 0.15) is 23.6 Å². The summed E-state index contributed by atoms with van der Waals surface area (Å²) in [5, 5.41) is 2.06. The number of halogens is 5. The minimum absolute atomic E-state index is 0.121. The Labute approximate surface area is 175 Å². The van der Waals surface area contributed by atoms with Crippen LogP contribution in [0.2, 0.25) is 5.02 Å². The number of para-hydroxylation sites is 1. The number of benzene rings is 3. The number of amides is 1. The summed E-state index contributed by atoms with van der Waals surface area (Å²) in [4.78, 5) is 11.6. The second-order valence-electron chi connectivity index (χ2n) is 6.49. The van der Waals surface area contributed by atoms with Crippen LogP contribution in [0.3, 0.4) is 0 Å². The molecule has 0 radical (unpaired) electrons. The number of ether oxygens (including phenoxy) is 1. The molecule has 0 unspecified atom stereocenters. The van der Waals surface area contributed by atoms with Crippen LogP contribution in [0.25, 0.3) is 0 Å². The molecule has 3 aromatic rings. The van der Waals surface area contributed by atoms with Gasteiger partial charge in [-0.05, 0) is 41.5 Å². The van der Waals surface area contributed by atoms with Crippen LogP contribution in [-0.2, 0) is 17.4 Å². The molecule has 0 atom stereocenters. The molecule has 0 bridgehead atoms. The predicted octanol–water partition coefficient (Wildman–Crippen LogP) is 6.84. The summed E-state index contributed by atoms with van der Waals surface area (Å²) in [5.41, 5.74) is -1.24. The molecule has 0 spiro atoms. The van der Waals surface area contributed by atoms with Gasteiger partial charge in [-0.3, -0.25) is 4.79 Å².